The van der Waals surface area contributed by atoms with E-state index in [1.807, 2.05) is 0 Å². The number of benzene rings is 1. The van der Waals surface area contributed by atoms with Crippen LogP contribution in [0.3, 0.4) is 0 Å². The van der Waals surface area contributed by atoms with Gasteiger partial charge in [-0.15, -0.1) is 0 Å². The van der Waals surface area contributed by atoms with Crippen LogP contribution in [0, 0.1) is 6.92 Å². The Morgan fingerprint density at radius 2 is 2.17 bits per heavy atom. The zero-order valence-electron chi connectivity index (χ0n) is 9.88. The van der Waals surface area contributed by atoms with E-state index in [1.165, 1.54) is 6.07 Å². The molecule has 6 heteroatoms. The van der Waals surface area contributed by atoms with Crippen LogP contribution in [0.15, 0.2) is 18.2 Å². The standard InChI is InChI=1S/C12H13N3O3/c1-7-14-9-3-2-8(12(17)18)6-10(9)15(7)5-4-11(13)16/h2-3,6H,4-5H2,1H3,(H2,13,16)(H,17,18). The lowest BCUT2D eigenvalue weighted by atomic mass is 10.2. The van der Waals surface area contributed by atoms with Gasteiger partial charge in [-0.2, -0.15) is 0 Å². The van der Waals surface area contributed by atoms with Crippen LogP contribution >= 0.6 is 0 Å². The van der Waals surface area contributed by atoms with Crippen molar-refractivity contribution in [2.75, 3.05) is 0 Å². The molecule has 1 aromatic heterocycles. The van der Waals surface area contributed by atoms with Crippen LogP contribution in [0.2, 0.25) is 0 Å². The van der Waals surface area contributed by atoms with Crippen LogP contribution in [-0.4, -0.2) is 26.5 Å². The van der Waals surface area contributed by atoms with Crippen LogP contribution < -0.4 is 5.73 Å². The molecule has 0 spiro atoms. The van der Waals surface area contributed by atoms with E-state index in [0.717, 1.165) is 5.82 Å². The van der Waals surface area contributed by atoms with Gasteiger partial charge in [-0.05, 0) is 25.1 Å². The number of hydrogen-bond acceptors (Lipinski definition) is 3. The van der Waals surface area contributed by atoms with Gasteiger partial charge in [0.15, 0.2) is 0 Å². The topological polar surface area (TPSA) is 98.2 Å². The molecule has 0 unspecified atom stereocenters. The Morgan fingerprint density at radius 3 is 2.78 bits per heavy atom. The van der Waals surface area contributed by atoms with E-state index in [0.29, 0.717) is 17.6 Å². The zero-order valence-corrected chi connectivity index (χ0v) is 9.88. The van der Waals surface area contributed by atoms with Gasteiger partial charge in [0.25, 0.3) is 0 Å². The minimum atomic E-state index is -0.989. The maximum absolute atomic E-state index is 10.9. The Labute approximate surface area is 103 Å². The molecule has 2 aromatic rings. The summed E-state index contributed by atoms with van der Waals surface area (Å²) in [7, 11) is 0. The highest BCUT2D eigenvalue weighted by Gasteiger charge is 2.11. The van der Waals surface area contributed by atoms with Crippen molar-refractivity contribution in [1.82, 2.24) is 9.55 Å². The number of fused-ring (bicyclic) bond motifs is 1. The molecule has 18 heavy (non-hydrogen) atoms. The Balaban J connectivity index is 2.49. The average molecular weight is 247 g/mol. The van der Waals surface area contributed by atoms with Gasteiger partial charge < -0.3 is 15.4 Å². The number of rotatable bonds is 4. The first-order valence-electron chi connectivity index (χ1n) is 5.47. The van der Waals surface area contributed by atoms with Gasteiger partial charge in [0.05, 0.1) is 16.6 Å². The number of imidazole rings is 1. The van der Waals surface area contributed by atoms with E-state index >= 15 is 0 Å². The number of amides is 1. The quantitative estimate of drug-likeness (QED) is 0.839. The lowest BCUT2D eigenvalue weighted by Gasteiger charge is -2.05. The van der Waals surface area contributed by atoms with Gasteiger partial charge in [0.2, 0.25) is 5.91 Å². The average Bonchev–Trinajstić information content (AvgIpc) is 2.60. The number of carboxylic acid groups (broad SMARTS) is 1. The minimum Gasteiger partial charge on any atom is -0.478 e. The van der Waals surface area contributed by atoms with Crippen molar-refractivity contribution in [2.24, 2.45) is 5.73 Å². The summed E-state index contributed by atoms with van der Waals surface area (Å²) in [6.45, 7) is 2.21. The summed E-state index contributed by atoms with van der Waals surface area (Å²) >= 11 is 0. The molecule has 0 aliphatic rings. The first kappa shape index (κ1) is 12.1. The Morgan fingerprint density at radius 1 is 1.44 bits per heavy atom. The number of aryl methyl sites for hydroxylation is 2. The largest absolute Gasteiger partial charge is 0.478 e. The molecular weight excluding hydrogens is 234 g/mol. The molecule has 0 atom stereocenters. The number of carbonyl (C=O) groups is 2. The van der Waals surface area contributed by atoms with Crippen LogP contribution in [-0.2, 0) is 11.3 Å². The van der Waals surface area contributed by atoms with Gasteiger partial charge in [-0.25, -0.2) is 9.78 Å². The van der Waals surface area contributed by atoms with Crippen LogP contribution in [0.5, 0.6) is 0 Å². The Kier molecular flexibility index (Phi) is 3.01. The normalized spacial score (nSPS) is 10.7. The number of aromatic carboxylic acids is 1. The van der Waals surface area contributed by atoms with Crippen molar-refractivity contribution in [1.29, 1.82) is 0 Å². The number of carbonyl (C=O) groups excluding carboxylic acids is 1. The molecule has 0 aliphatic heterocycles. The molecule has 0 bridgehead atoms. The van der Waals surface area contributed by atoms with Gasteiger partial charge in [0, 0.05) is 13.0 Å². The SMILES string of the molecule is Cc1nc2ccc(C(=O)O)cc2n1CCC(N)=O. The lowest BCUT2D eigenvalue weighted by molar-refractivity contribution is -0.118. The highest BCUT2D eigenvalue weighted by molar-refractivity contribution is 5.92. The van der Waals surface area contributed by atoms with Gasteiger partial charge in [-0.1, -0.05) is 0 Å². The van der Waals surface area contributed by atoms with Crippen LogP contribution in [0.4, 0.5) is 0 Å². The molecular formula is C12H13N3O3. The van der Waals surface area contributed by atoms with E-state index in [-0.39, 0.29) is 12.0 Å². The summed E-state index contributed by atoms with van der Waals surface area (Å²) in [5.74, 6) is -0.656. The fraction of sp³-hybridized carbons (Fsp3) is 0.250. The van der Waals surface area contributed by atoms with Gasteiger partial charge in [-0.3, -0.25) is 4.79 Å². The zero-order chi connectivity index (χ0) is 13.3. The van der Waals surface area contributed by atoms with E-state index in [1.54, 1.807) is 23.6 Å². The van der Waals surface area contributed by atoms with Crippen LogP contribution in [0.1, 0.15) is 22.6 Å². The third-order valence-electron chi connectivity index (χ3n) is 2.77. The van der Waals surface area contributed by atoms with Crippen molar-refractivity contribution < 1.29 is 14.7 Å². The first-order valence-corrected chi connectivity index (χ1v) is 5.47. The molecule has 0 saturated heterocycles. The monoisotopic (exact) mass is 247 g/mol. The minimum absolute atomic E-state index is 0.197. The van der Waals surface area contributed by atoms with Crippen molar-refractivity contribution >= 4 is 22.9 Å². The Bertz CT molecular complexity index is 631. The second kappa shape index (κ2) is 4.48. The second-order valence-corrected chi connectivity index (χ2v) is 4.04. The lowest BCUT2D eigenvalue weighted by Crippen LogP contribution is -2.14. The molecule has 6 nitrogen and oxygen atoms in total. The van der Waals surface area contributed by atoms with Gasteiger partial charge >= 0.3 is 5.97 Å². The number of aromatic nitrogens is 2. The molecule has 1 aromatic carbocycles. The molecule has 0 fully saturated rings. The predicted molar refractivity (Wildman–Crippen MR) is 65.2 cm³/mol. The molecule has 0 saturated carbocycles. The number of nitrogens with two attached hydrogens (primary N) is 1. The third kappa shape index (κ3) is 2.17. The summed E-state index contributed by atoms with van der Waals surface area (Å²) < 4.78 is 1.80. The molecule has 94 valence electrons. The smallest absolute Gasteiger partial charge is 0.335 e. The van der Waals surface area contributed by atoms with E-state index in [9.17, 15) is 9.59 Å². The van der Waals surface area contributed by atoms with Crippen molar-refractivity contribution in [3.63, 3.8) is 0 Å². The summed E-state index contributed by atoms with van der Waals surface area (Å²) in [5.41, 5.74) is 6.72. The van der Waals surface area contributed by atoms with E-state index < -0.39 is 11.9 Å². The Hall–Kier alpha value is -2.37. The van der Waals surface area contributed by atoms with Crippen LogP contribution in [0.25, 0.3) is 11.0 Å². The number of hydrogen-bond donors (Lipinski definition) is 2. The van der Waals surface area contributed by atoms with Crippen molar-refractivity contribution in [3.8, 4) is 0 Å². The highest BCUT2D eigenvalue weighted by Crippen LogP contribution is 2.18. The third-order valence-corrected chi connectivity index (χ3v) is 2.77. The highest BCUT2D eigenvalue weighted by atomic mass is 16.4. The molecule has 0 aliphatic carbocycles. The van der Waals surface area contributed by atoms with Gasteiger partial charge in [0.1, 0.15) is 5.82 Å². The molecule has 0 radical (unpaired) electrons. The molecule has 1 amide bonds. The van der Waals surface area contributed by atoms with E-state index in [4.69, 9.17) is 10.8 Å². The van der Waals surface area contributed by atoms with Crippen molar-refractivity contribution in [3.05, 3.63) is 29.6 Å². The number of nitrogens with zero attached hydrogens (tertiary/aromatic N) is 2. The predicted octanol–water partition coefficient (Wildman–Crippen LogP) is 0.918. The maximum atomic E-state index is 10.9. The van der Waals surface area contributed by atoms with E-state index in [2.05, 4.69) is 4.98 Å². The number of primary amides is 1. The summed E-state index contributed by atoms with van der Waals surface area (Å²) in [5, 5.41) is 8.96. The number of carboxylic acids is 1. The fourth-order valence-corrected chi connectivity index (χ4v) is 1.88. The van der Waals surface area contributed by atoms with Crippen molar-refractivity contribution in [2.45, 2.75) is 19.9 Å². The molecule has 3 N–H and O–H groups in total. The molecule has 1 heterocycles. The maximum Gasteiger partial charge on any atom is 0.335 e. The summed E-state index contributed by atoms with van der Waals surface area (Å²) in [4.78, 5) is 26.0. The summed E-state index contributed by atoms with van der Waals surface area (Å²) in [6, 6.07) is 4.72. The second-order valence-electron chi connectivity index (χ2n) is 4.04. The molecule has 2 rings (SSSR count). The fourth-order valence-electron chi connectivity index (χ4n) is 1.88. The summed E-state index contributed by atoms with van der Waals surface area (Å²) in [6.07, 6.45) is 0.198. The first-order chi connectivity index (χ1) is 8.49.